The lowest BCUT2D eigenvalue weighted by Gasteiger charge is -2.47. The van der Waals surface area contributed by atoms with E-state index >= 15 is 0 Å². The molecule has 1 unspecified atom stereocenters. The molecule has 2 saturated heterocycles. The molecule has 1 spiro atoms. The molecule has 1 atom stereocenters. The highest BCUT2D eigenvalue weighted by Crippen LogP contribution is 2.50. The van der Waals surface area contributed by atoms with E-state index < -0.39 is 11.2 Å². The average Bonchev–Trinajstić information content (AvgIpc) is 3.47. The van der Waals surface area contributed by atoms with Crippen LogP contribution in [0.3, 0.4) is 0 Å². The van der Waals surface area contributed by atoms with E-state index in [1.165, 1.54) is 12.1 Å². The molecule has 1 aromatic carbocycles. The summed E-state index contributed by atoms with van der Waals surface area (Å²) in [7, 11) is 1.76. The molecule has 8 nitrogen and oxygen atoms in total. The molecule has 0 N–H and O–H groups in total. The van der Waals surface area contributed by atoms with Gasteiger partial charge in [0.25, 0.3) is 5.91 Å². The molecule has 3 aliphatic rings. The fourth-order valence-corrected chi connectivity index (χ4v) is 4.58. The number of carbonyl (C=O) groups is 2. The van der Waals surface area contributed by atoms with E-state index in [0.29, 0.717) is 31.9 Å². The zero-order valence-corrected chi connectivity index (χ0v) is 17.4. The fourth-order valence-electron chi connectivity index (χ4n) is 4.58. The fraction of sp³-hybridized carbons (Fsp3) is 0.500. The third-order valence-corrected chi connectivity index (χ3v) is 6.40. The number of halogens is 1. The molecule has 2 aromatic rings. The van der Waals surface area contributed by atoms with Crippen LogP contribution >= 0.6 is 0 Å². The highest BCUT2D eigenvalue weighted by atomic mass is 19.1. The number of carbonyl (C=O) groups excluding carboxylic acids is 2. The minimum absolute atomic E-state index is 0.0149. The molecule has 164 valence electrons. The summed E-state index contributed by atoms with van der Waals surface area (Å²) in [5, 5.41) is 4.07. The van der Waals surface area contributed by atoms with Gasteiger partial charge in [0.1, 0.15) is 5.82 Å². The number of rotatable bonds is 3. The van der Waals surface area contributed by atoms with E-state index in [2.05, 4.69) is 5.10 Å². The van der Waals surface area contributed by atoms with Crippen LogP contribution in [0.4, 0.5) is 4.39 Å². The minimum atomic E-state index is -1.04. The molecular weight excluding hydrogens is 403 g/mol. The summed E-state index contributed by atoms with van der Waals surface area (Å²) in [4.78, 5) is 29.8. The van der Waals surface area contributed by atoms with Crippen molar-refractivity contribution in [3.8, 4) is 0 Å². The predicted octanol–water partition coefficient (Wildman–Crippen LogP) is 1.32. The first-order valence-electron chi connectivity index (χ1n) is 10.5. The van der Waals surface area contributed by atoms with Crippen LogP contribution in [-0.4, -0.2) is 76.6 Å². The van der Waals surface area contributed by atoms with E-state index in [-0.39, 0.29) is 30.7 Å². The van der Waals surface area contributed by atoms with Gasteiger partial charge in [0.15, 0.2) is 0 Å². The van der Waals surface area contributed by atoms with Crippen molar-refractivity contribution >= 4 is 11.8 Å². The van der Waals surface area contributed by atoms with Crippen LogP contribution in [0.25, 0.3) is 0 Å². The summed E-state index contributed by atoms with van der Waals surface area (Å²) in [5.41, 5.74) is 0.764. The Kier molecular flexibility index (Phi) is 4.82. The Hall–Kier alpha value is -2.78. The number of aromatic nitrogens is 2. The van der Waals surface area contributed by atoms with Crippen LogP contribution in [0.15, 0.2) is 36.7 Å². The first-order valence-corrected chi connectivity index (χ1v) is 10.5. The van der Waals surface area contributed by atoms with Crippen molar-refractivity contribution in [2.45, 2.75) is 24.0 Å². The molecule has 31 heavy (non-hydrogen) atoms. The number of ether oxygens (including phenoxy) is 2. The van der Waals surface area contributed by atoms with E-state index in [1.54, 1.807) is 46.1 Å². The summed E-state index contributed by atoms with van der Waals surface area (Å²) in [6.45, 7) is 2.08. The lowest BCUT2D eigenvalue weighted by atomic mass is 9.93. The Bertz CT molecular complexity index is 999. The van der Waals surface area contributed by atoms with E-state index in [9.17, 15) is 14.0 Å². The van der Waals surface area contributed by atoms with Crippen LogP contribution < -0.4 is 0 Å². The molecule has 1 aliphatic carbocycles. The normalized spacial score (nSPS) is 25.0. The van der Waals surface area contributed by atoms with E-state index in [0.717, 1.165) is 18.4 Å². The Morgan fingerprint density at radius 3 is 2.29 bits per heavy atom. The van der Waals surface area contributed by atoms with Gasteiger partial charge in [0.2, 0.25) is 11.7 Å². The number of nitrogens with zero attached hydrogens (tertiary/aromatic N) is 4. The van der Waals surface area contributed by atoms with Gasteiger partial charge in [-0.25, -0.2) is 4.39 Å². The number of hydrogen-bond donors (Lipinski definition) is 0. The number of hydrogen-bond acceptors (Lipinski definition) is 5. The molecule has 3 heterocycles. The Morgan fingerprint density at radius 2 is 1.68 bits per heavy atom. The van der Waals surface area contributed by atoms with Gasteiger partial charge in [-0.2, -0.15) is 5.10 Å². The molecular formula is C22H25FN4O4. The van der Waals surface area contributed by atoms with Crippen molar-refractivity contribution in [2.24, 2.45) is 7.05 Å². The standard InChI is InChI=1S/C22H25FN4O4/c1-25-13-16(12-24-25)19(28)26-8-10-30-22(14-26)15-27(9-11-31-22)20(29)21(6-7-21)17-2-4-18(23)5-3-17/h2-5,12-13H,6-11,14-15H2,1H3. The Balaban J connectivity index is 1.32. The summed E-state index contributed by atoms with van der Waals surface area (Å²) in [6.07, 6.45) is 4.71. The third-order valence-electron chi connectivity index (χ3n) is 6.40. The van der Waals surface area contributed by atoms with Crippen molar-refractivity contribution < 1.29 is 23.5 Å². The second-order valence-electron chi connectivity index (χ2n) is 8.55. The van der Waals surface area contributed by atoms with Gasteiger partial charge in [-0.05, 0) is 30.5 Å². The number of morpholine rings is 2. The quantitative estimate of drug-likeness (QED) is 0.737. The van der Waals surface area contributed by atoms with Crippen molar-refractivity contribution in [2.75, 3.05) is 39.4 Å². The lowest BCUT2D eigenvalue weighted by molar-refractivity contribution is -0.284. The van der Waals surface area contributed by atoms with Gasteiger partial charge in [-0.3, -0.25) is 14.3 Å². The summed E-state index contributed by atoms with van der Waals surface area (Å²) >= 11 is 0. The second-order valence-corrected chi connectivity index (χ2v) is 8.55. The summed E-state index contributed by atoms with van der Waals surface area (Å²) < 4.78 is 26.9. The first-order chi connectivity index (χ1) is 14.9. The predicted molar refractivity (Wildman–Crippen MR) is 108 cm³/mol. The van der Waals surface area contributed by atoms with Gasteiger partial charge in [-0.15, -0.1) is 0 Å². The number of aryl methyl sites for hydroxylation is 1. The van der Waals surface area contributed by atoms with Crippen LogP contribution in [-0.2, 0) is 26.7 Å². The zero-order chi connectivity index (χ0) is 21.6. The van der Waals surface area contributed by atoms with Crippen molar-refractivity contribution in [3.63, 3.8) is 0 Å². The monoisotopic (exact) mass is 428 g/mol. The molecule has 2 amide bonds. The molecule has 1 saturated carbocycles. The van der Waals surface area contributed by atoms with E-state index in [1.807, 2.05) is 0 Å². The largest absolute Gasteiger partial charge is 0.345 e. The van der Waals surface area contributed by atoms with Crippen LogP contribution in [0.5, 0.6) is 0 Å². The highest BCUT2D eigenvalue weighted by Gasteiger charge is 2.55. The maximum Gasteiger partial charge on any atom is 0.257 e. The summed E-state index contributed by atoms with van der Waals surface area (Å²) in [6, 6.07) is 6.19. The van der Waals surface area contributed by atoms with Crippen molar-refractivity contribution in [1.29, 1.82) is 0 Å². The molecule has 9 heteroatoms. The van der Waals surface area contributed by atoms with Crippen LogP contribution in [0, 0.1) is 5.82 Å². The SMILES string of the molecule is Cn1cc(C(=O)N2CCOC3(C2)CN(C(=O)C2(c4ccc(F)cc4)CC2)CCO3)cn1. The van der Waals surface area contributed by atoms with Crippen molar-refractivity contribution in [1.82, 2.24) is 19.6 Å². The lowest BCUT2D eigenvalue weighted by Crippen LogP contribution is -2.64. The Labute approximate surface area is 179 Å². The molecule has 0 bridgehead atoms. The van der Waals surface area contributed by atoms with Gasteiger partial charge in [0.05, 0.1) is 43.5 Å². The van der Waals surface area contributed by atoms with Gasteiger partial charge in [-0.1, -0.05) is 12.1 Å². The topological polar surface area (TPSA) is 76.9 Å². The Morgan fingerprint density at radius 1 is 1.03 bits per heavy atom. The second kappa shape index (κ2) is 7.42. The molecule has 5 rings (SSSR count). The van der Waals surface area contributed by atoms with Gasteiger partial charge >= 0.3 is 0 Å². The smallest absolute Gasteiger partial charge is 0.257 e. The first kappa shape index (κ1) is 20.1. The molecule has 3 fully saturated rings. The van der Waals surface area contributed by atoms with Crippen LogP contribution in [0.2, 0.25) is 0 Å². The maximum absolute atomic E-state index is 13.5. The number of benzene rings is 1. The molecule has 1 aromatic heterocycles. The summed E-state index contributed by atoms with van der Waals surface area (Å²) in [5.74, 6) is -1.47. The molecule has 2 aliphatic heterocycles. The molecule has 0 radical (unpaired) electrons. The van der Waals surface area contributed by atoms with Crippen molar-refractivity contribution in [3.05, 3.63) is 53.6 Å². The minimum Gasteiger partial charge on any atom is -0.345 e. The van der Waals surface area contributed by atoms with Gasteiger partial charge < -0.3 is 19.3 Å². The third kappa shape index (κ3) is 3.61. The average molecular weight is 428 g/mol. The number of amides is 2. The zero-order valence-electron chi connectivity index (χ0n) is 17.4. The van der Waals surface area contributed by atoms with Gasteiger partial charge in [0, 0.05) is 26.3 Å². The van der Waals surface area contributed by atoms with Crippen LogP contribution in [0.1, 0.15) is 28.8 Å². The highest BCUT2D eigenvalue weighted by molar-refractivity contribution is 5.94. The van der Waals surface area contributed by atoms with E-state index in [4.69, 9.17) is 9.47 Å². The maximum atomic E-state index is 13.5.